The van der Waals surface area contributed by atoms with Crippen molar-refractivity contribution >= 4 is 44.2 Å². The Balaban J connectivity index is 1.59. The zero-order valence-electron chi connectivity index (χ0n) is 15.3. The zero-order valence-corrected chi connectivity index (χ0v) is 16.1. The molecular formula is C21H17N3O3S. The third kappa shape index (κ3) is 3.39. The van der Waals surface area contributed by atoms with Crippen LogP contribution in [0.1, 0.15) is 26.5 Å². The second-order valence-corrected chi connectivity index (χ2v) is 7.30. The van der Waals surface area contributed by atoms with Gasteiger partial charge in [-0.05, 0) is 48.9 Å². The van der Waals surface area contributed by atoms with Crippen LogP contribution in [0.4, 0.5) is 10.8 Å². The number of para-hydroxylation sites is 1. The number of anilines is 2. The molecule has 0 aliphatic rings. The Morgan fingerprint density at radius 3 is 2.68 bits per heavy atom. The molecule has 4 rings (SSSR count). The second-order valence-electron chi connectivity index (χ2n) is 6.29. The Bertz CT molecular complexity index is 1130. The quantitative estimate of drug-likeness (QED) is 0.546. The summed E-state index contributed by atoms with van der Waals surface area (Å²) in [5.41, 5.74) is 2.73. The average Bonchev–Trinajstić information content (AvgIpc) is 3.38. The van der Waals surface area contributed by atoms with Crippen molar-refractivity contribution in [3.63, 3.8) is 0 Å². The van der Waals surface area contributed by atoms with E-state index in [1.807, 2.05) is 31.2 Å². The molecule has 0 aliphatic heterocycles. The van der Waals surface area contributed by atoms with Crippen LogP contribution in [0.25, 0.3) is 10.2 Å². The minimum atomic E-state index is -0.364. The maximum atomic E-state index is 13.0. The Morgan fingerprint density at radius 2 is 1.93 bits per heavy atom. The summed E-state index contributed by atoms with van der Waals surface area (Å²) in [4.78, 5) is 31.3. The van der Waals surface area contributed by atoms with Crippen LogP contribution in [0.3, 0.4) is 0 Å². The number of amides is 2. The SMILES string of the molecule is Cc1ccc(C(=O)N(C)c2nc3ccccc3s2)cc1NC(=O)c1ccco1. The highest BCUT2D eigenvalue weighted by Gasteiger charge is 2.19. The van der Waals surface area contributed by atoms with Gasteiger partial charge in [-0.2, -0.15) is 0 Å². The number of nitrogens with zero attached hydrogens (tertiary/aromatic N) is 2. The molecular weight excluding hydrogens is 374 g/mol. The Hall–Kier alpha value is -3.45. The van der Waals surface area contributed by atoms with E-state index in [2.05, 4.69) is 10.3 Å². The summed E-state index contributed by atoms with van der Waals surface area (Å²) in [6, 6.07) is 16.2. The first-order valence-corrected chi connectivity index (χ1v) is 9.44. The predicted molar refractivity (Wildman–Crippen MR) is 110 cm³/mol. The molecule has 2 aromatic carbocycles. The van der Waals surface area contributed by atoms with Gasteiger partial charge in [0.25, 0.3) is 11.8 Å². The molecule has 0 saturated carbocycles. The lowest BCUT2D eigenvalue weighted by molar-refractivity contribution is 0.0985. The van der Waals surface area contributed by atoms with Crippen LogP contribution < -0.4 is 10.2 Å². The van der Waals surface area contributed by atoms with Gasteiger partial charge in [0.1, 0.15) is 0 Å². The average molecular weight is 391 g/mol. The molecule has 0 bridgehead atoms. The van der Waals surface area contributed by atoms with E-state index in [-0.39, 0.29) is 17.6 Å². The lowest BCUT2D eigenvalue weighted by Gasteiger charge is -2.15. The monoisotopic (exact) mass is 391 g/mol. The van der Waals surface area contributed by atoms with Crippen LogP contribution in [0.2, 0.25) is 0 Å². The standard InChI is InChI=1S/C21H17N3O3S/c1-13-9-10-14(12-16(13)22-19(25)17-7-5-11-27-17)20(26)24(2)21-23-15-6-3-4-8-18(15)28-21/h3-12H,1-2H3,(H,22,25). The van der Waals surface area contributed by atoms with Gasteiger partial charge in [0.05, 0.1) is 16.5 Å². The number of aromatic nitrogens is 1. The minimum absolute atomic E-state index is 0.201. The highest BCUT2D eigenvalue weighted by Crippen LogP contribution is 2.29. The highest BCUT2D eigenvalue weighted by atomic mass is 32.1. The first-order valence-electron chi connectivity index (χ1n) is 8.62. The highest BCUT2D eigenvalue weighted by molar-refractivity contribution is 7.22. The molecule has 0 fully saturated rings. The van der Waals surface area contributed by atoms with Gasteiger partial charge in [-0.3, -0.25) is 14.5 Å². The van der Waals surface area contributed by atoms with E-state index in [1.54, 1.807) is 37.4 Å². The van der Waals surface area contributed by atoms with Gasteiger partial charge in [-0.15, -0.1) is 0 Å². The maximum Gasteiger partial charge on any atom is 0.291 e. The normalized spacial score (nSPS) is 10.8. The number of hydrogen-bond acceptors (Lipinski definition) is 5. The number of carbonyl (C=O) groups is 2. The molecule has 2 heterocycles. The molecule has 4 aromatic rings. The van der Waals surface area contributed by atoms with E-state index in [0.29, 0.717) is 16.4 Å². The number of benzene rings is 2. The molecule has 1 N–H and O–H groups in total. The van der Waals surface area contributed by atoms with Gasteiger partial charge < -0.3 is 9.73 Å². The Labute approximate surface area is 165 Å². The van der Waals surface area contributed by atoms with E-state index in [9.17, 15) is 9.59 Å². The number of nitrogens with one attached hydrogen (secondary N) is 1. The number of fused-ring (bicyclic) bond motifs is 1. The van der Waals surface area contributed by atoms with Gasteiger partial charge in [-0.25, -0.2) is 4.98 Å². The molecule has 0 spiro atoms. The fourth-order valence-electron chi connectivity index (χ4n) is 2.77. The van der Waals surface area contributed by atoms with E-state index in [4.69, 9.17) is 4.42 Å². The van der Waals surface area contributed by atoms with Crippen LogP contribution in [-0.4, -0.2) is 23.8 Å². The molecule has 140 valence electrons. The summed E-state index contributed by atoms with van der Waals surface area (Å²) < 4.78 is 6.14. The zero-order chi connectivity index (χ0) is 19.7. The minimum Gasteiger partial charge on any atom is -0.459 e. The molecule has 0 aliphatic carbocycles. The van der Waals surface area contributed by atoms with Gasteiger partial charge in [0.15, 0.2) is 10.9 Å². The van der Waals surface area contributed by atoms with Gasteiger partial charge in [-0.1, -0.05) is 29.5 Å². The van der Waals surface area contributed by atoms with Crippen molar-refractivity contribution in [3.05, 3.63) is 77.7 Å². The fraction of sp³-hybridized carbons (Fsp3) is 0.0952. The Morgan fingerprint density at radius 1 is 1.11 bits per heavy atom. The second kappa shape index (κ2) is 7.28. The lowest BCUT2D eigenvalue weighted by Crippen LogP contribution is -2.26. The molecule has 2 aromatic heterocycles. The predicted octanol–water partition coefficient (Wildman–Crippen LogP) is 4.73. The molecule has 0 saturated heterocycles. The number of carbonyl (C=O) groups excluding carboxylic acids is 2. The van der Waals surface area contributed by atoms with Crippen LogP contribution in [0, 0.1) is 6.92 Å². The number of furan rings is 1. The summed E-state index contributed by atoms with van der Waals surface area (Å²) in [5, 5.41) is 3.41. The van der Waals surface area contributed by atoms with Crippen LogP contribution in [0.5, 0.6) is 0 Å². The molecule has 0 radical (unpaired) electrons. The van der Waals surface area contributed by atoms with Crippen molar-refractivity contribution in [3.8, 4) is 0 Å². The molecule has 0 unspecified atom stereocenters. The van der Waals surface area contributed by atoms with Gasteiger partial charge in [0, 0.05) is 18.3 Å². The number of thiazole rings is 1. The van der Waals surface area contributed by atoms with Crippen molar-refractivity contribution in [2.75, 3.05) is 17.3 Å². The first-order chi connectivity index (χ1) is 13.5. The largest absolute Gasteiger partial charge is 0.459 e. The smallest absolute Gasteiger partial charge is 0.291 e. The van der Waals surface area contributed by atoms with Crippen LogP contribution >= 0.6 is 11.3 Å². The van der Waals surface area contributed by atoms with Crippen molar-refractivity contribution in [2.24, 2.45) is 0 Å². The third-order valence-corrected chi connectivity index (χ3v) is 5.46. The Kier molecular flexibility index (Phi) is 4.67. The van der Waals surface area contributed by atoms with Crippen molar-refractivity contribution in [2.45, 2.75) is 6.92 Å². The number of aryl methyl sites for hydroxylation is 1. The van der Waals surface area contributed by atoms with Crippen LogP contribution in [-0.2, 0) is 0 Å². The van der Waals surface area contributed by atoms with E-state index >= 15 is 0 Å². The molecule has 6 nitrogen and oxygen atoms in total. The van der Waals surface area contributed by atoms with Gasteiger partial charge in [0.2, 0.25) is 0 Å². The van der Waals surface area contributed by atoms with E-state index in [0.717, 1.165) is 15.8 Å². The van der Waals surface area contributed by atoms with Gasteiger partial charge >= 0.3 is 0 Å². The van der Waals surface area contributed by atoms with Crippen molar-refractivity contribution in [1.29, 1.82) is 0 Å². The summed E-state index contributed by atoms with van der Waals surface area (Å²) in [5.74, 6) is -0.354. The summed E-state index contributed by atoms with van der Waals surface area (Å²) in [7, 11) is 1.70. The van der Waals surface area contributed by atoms with E-state index in [1.165, 1.54) is 22.5 Å². The molecule has 0 atom stereocenters. The number of rotatable bonds is 4. The summed E-state index contributed by atoms with van der Waals surface area (Å²) in [6.07, 6.45) is 1.44. The summed E-state index contributed by atoms with van der Waals surface area (Å²) >= 11 is 1.46. The van der Waals surface area contributed by atoms with Crippen molar-refractivity contribution in [1.82, 2.24) is 4.98 Å². The molecule has 7 heteroatoms. The topological polar surface area (TPSA) is 75.4 Å². The fourth-order valence-corrected chi connectivity index (χ4v) is 3.69. The lowest BCUT2D eigenvalue weighted by atomic mass is 10.1. The molecule has 28 heavy (non-hydrogen) atoms. The van der Waals surface area contributed by atoms with E-state index < -0.39 is 0 Å². The third-order valence-electron chi connectivity index (χ3n) is 4.35. The van der Waals surface area contributed by atoms with Crippen LogP contribution in [0.15, 0.2) is 65.3 Å². The molecule has 2 amide bonds. The number of hydrogen-bond donors (Lipinski definition) is 1. The van der Waals surface area contributed by atoms with Crippen molar-refractivity contribution < 1.29 is 14.0 Å². The summed E-state index contributed by atoms with van der Waals surface area (Å²) in [6.45, 7) is 1.86. The first kappa shape index (κ1) is 17.9. The maximum absolute atomic E-state index is 13.0.